The molecule has 0 aliphatic heterocycles. The van der Waals surface area contributed by atoms with Crippen LogP contribution in [0.25, 0.3) is 0 Å². The normalized spacial score (nSPS) is 15.1. The van der Waals surface area contributed by atoms with Crippen molar-refractivity contribution in [1.82, 2.24) is 10.6 Å². The van der Waals surface area contributed by atoms with Crippen molar-refractivity contribution >= 4 is 17.5 Å². The zero-order valence-corrected chi connectivity index (χ0v) is 11.3. The van der Waals surface area contributed by atoms with E-state index in [9.17, 15) is 24.8 Å². The van der Waals surface area contributed by atoms with Gasteiger partial charge in [0.25, 0.3) is 11.6 Å². The van der Waals surface area contributed by atoms with Gasteiger partial charge >= 0.3 is 0 Å². The lowest BCUT2D eigenvalue weighted by Crippen LogP contribution is -2.45. The molecule has 1 aliphatic carbocycles. The molecule has 112 valence electrons. The van der Waals surface area contributed by atoms with Crippen molar-refractivity contribution in [1.29, 1.82) is 0 Å². The van der Waals surface area contributed by atoms with Crippen molar-refractivity contribution in [3.8, 4) is 5.75 Å². The van der Waals surface area contributed by atoms with E-state index in [0.29, 0.717) is 0 Å². The molecule has 0 radical (unpaired) electrons. The average molecular weight is 293 g/mol. The van der Waals surface area contributed by atoms with E-state index in [1.807, 2.05) is 0 Å². The van der Waals surface area contributed by atoms with Crippen LogP contribution in [0.5, 0.6) is 5.75 Å². The third-order valence-electron chi connectivity index (χ3n) is 3.09. The number of hydrogen-bond donors (Lipinski definition) is 3. The number of rotatable bonds is 5. The number of nitro groups is 1. The van der Waals surface area contributed by atoms with E-state index in [4.69, 9.17) is 0 Å². The molecule has 1 saturated carbocycles. The first-order valence-electron chi connectivity index (χ1n) is 6.47. The third kappa shape index (κ3) is 3.68. The Hall–Kier alpha value is -2.64. The standard InChI is InChI=1S/C13H15N3O5/c1-7(12(18)15-8-2-3-8)14-13(19)10-6-9(17)4-5-11(10)16(20)21/h4-8,17H,2-3H2,1H3,(H,14,19)(H,15,18). The van der Waals surface area contributed by atoms with E-state index in [0.717, 1.165) is 31.0 Å². The fraction of sp³-hybridized carbons (Fsp3) is 0.385. The number of phenolic OH excluding ortho intramolecular Hbond substituents is 1. The highest BCUT2D eigenvalue weighted by Crippen LogP contribution is 2.23. The maximum Gasteiger partial charge on any atom is 0.282 e. The molecule has 0 aromatic heterocycles. The summed E-state index contributed by atoms with van der Waals surface area (Å²) >= 11 is 0. The largest absolute Gasteiger partial charge is 0.508 e. The number of nitrogens with one attached hydrogen (secondary N) is 2. The molecule has 1 aromatic rings. The summed E-state index contributed by atoms with van der Waals surface area (Å²) in [7, 11) is 0. The minimum absolute atomic E-state index is 0.159. The molecule has 1 atom stereocenters. The van der Waals surface area contributed by atoms with Gasteiger partial charge in [-0.3, -0.25) is 19.7 Å². The van der Waals surface area contributed by atoms with Crippen molar-refractivity contribution in [3.63, 3.8) is 0 Å². The van der Waals surface area contributed by atoms with Crippen LogP contribution in [0.4, 0.5) is 5.69 Å². The molecule has 0 heterocycles. The molecule has 1 fully saturated rings. The lowest BCUT2D eigenvalue weighted by Gasteiger charge is -2.14. The van der Waals surface area contributed by atoms with Crippen molar-refractivity contribution in [2.45, 2.75) is 31.8 Å². The van der Waals surface area contributed by atoms with Crippen LogP contribution in [0.1, 0.15) is 30.1 Å². The minimum atomic E-state index is -0.819. The lowest BCUT2D eigenvalue weighted by atomic mass is 10.1. The monoisotopic (exact) mass is 293 g/mol. The number of aromatic hydroxyl groups is 1. The fourth-order valence-corrected chi connectivity index (χ4v) is 1.76. The minimum Gasteiger partial charge on any atom is -0.508 e. The first-order valence-corrected chi connectivity index (χ1v) is 6.47. The van der Waals surface area contributed by atoms with Crippen molar-refractivity contribution in [3.05, 3.63) is 33.9 Å². The van der Waals surface area contributed by atoms with E-state index < -0.39 is 22.6 Å². The SMILES string of the molecule is CC(NC(=O)c1cc(O)ccc1[N+](=O)[O-])C(=O)NC1CC1. The van der Waals surface area contributed by atoms with Gasteiger partial charge in [-0.15, -0.1) is 0 Å². The van der Waals surface area contributed by atoms with Gasteiger partial charge in [0.2, 0.25) is 5.91 Å². The molecule has 0 bridgehead atoms. The maximum atomic E-state index is 12.0. The molecule has 21 heavy (non-hydrogen) atoms. The summed E-state index contributed by atoms with van der Waals surface area (Å²) in [5.74, 6) is -1.38. The van der Waals surface area contributed by atoms with Gasteiger partial charge in [-0.25, -0.2) is 0 Å². The number of nitro benzene ring substituents is 1. The second-order valence-corrected chi connectivity index (χ2v) is 4.94. The number of amides is 2. The zero-order valence-electron chi connectivity index (χ0n) is 11.3. The number of carbonyl (C=O) groups excluding carboxylic acids is 2. The van der Waals surface area contributed by atoms with Crippen LogP contribution in [-0.4, -0.2) is 33.9 Å². The topological polar surface area (TPSA) is 122 Å². The van der Waals surface area contributed by atoms with Gasteiger partial charge in [-0.2, -0.15) is 0 Å². The maximum absolute atomic E-state index is 12.0. The highest BCUT2D eigenvalue weighted by Gasteiger charge is 2.28. The van der Waals surface area contributed by atoms with Crippen LogP contribution in [0.3, 0.4) is 0 Å². The van der Waals surface area contributed by atoms with Crippen LogP contribution in [0, 0.1) is 10.1 Å². The third-order valence-corrected chi connectivity index (χ3v) is 3.09. The quantitative estimate of drug-likeness (QED) is 0.545. The number of carbonyl (C=O) groups is 2. The number of benzene rings is 1. The average Bonchev–Trinajstić information content (AvgIpc) is 3.21. The molecule has 8 heteroatoms. The molecule has 1 unspecified atom stereocenters. The Morgan fingerprint density at radius 3 is 2.67 bits per heavy atom. The molecule has 0 saturated heterocycles. The van der Waals surface area contributed by atoms with Crippen molar-refractivity contribution in [2.24, 2.45) is 0 Å². The summed E-state index contributed by atoms with van der Waals surface area (Å²) in [6.45, 7) is 1.49. The van der Waals surface area contributed by atoms with Crippen molar-refractivity contribution in [2.75, 3.05) is 0 Å². The highest BCUT2D eigenvalue weighted by atomic mass is 16.6. The fourth-order valence-electron chi connectivity index (χ4n) is 1.76. The molecular formula is C13H15N3O5. The van der Waals surface area contributed by atoms with Gasteiger partial charge in [-0.1, -0.05) is 0 Å². The van der Waals surface area contributed by atoms with Gasteiger partial charge in [0.1, 0.15) is 17.4 Å². The number of hydrogen-bond acceptors (Lipinski definition) is 5. The summed E-state index contributed by atoms with van der Waals surface area (Å²) in [4.78, 5) is 33.9. The molecule has 0 spiro atoms. The van der Waals surface area contributed by atoms with E-state index in [2.05, 4.69) is 10.6 Å². The molecule has 1 aliphatic rings. The number of nitrogens with zero attached hydrogens (tertiary/aromatic N) is 1. The Bertz CT molecular complexity index is 597. The van der Waals surface area contributed by atoms with E-state index >= 15 is 0 Å². The Morgan fingerprint density at radius 2 is 2.10 bits per heavy atom. The smallest absolute Gasteiger partial charge is 0.282 e. The van der Waals surface area contributed by atoms with E-state index in [-0.39, 0.29) is 23.3 Å². The Kier molecular flexibility index (Phi) is 4.06. The molecule has 8 nitrogen and oxygen atoms in total. The Labute approximate surface area is 120 Å². The molecular weight excluding hydrogens is 278 g/mol. The van der Waals surface area contributed by atoms with Gasteiger partial charge in [0, 0.05) is 12.1 Å². The first kappa shape index (κ1) is 14.8. The van der Waals surface area contributed by atoms with Crippen LogP contribution in [0.2, 0.25) is 0 Å². The highest BCUT2D eigenvalue weighted by molar-refractivity contribution is 6.00. The molecule has 2 rings (SSSR count). The van der Waals surface area contributed by atoms with Crippen LogP contribution < -0.4 is 10.6 Å². The lowest BCUT2D eigenvalue weighted by molar-refractivity contribution is -0.385. The second-order valence-electron chi connectivity index (χ2n) is 4.94. The summed E-state index contributed by atoms with van der Waals surface area (Å²) in [6.07, 6.45) is 1.84. The van der Waals surface area contributed by atoms with E-state index in [1.165, 1.54) is 6.92 Å². The molecule has 2 amide bonds. The van der Waals surface area contributed by atoms with E-state index in [1.54, 1.807) is 0 Å². The summed E-state index contributed by atoms with van der Waals surface area (Å²) in [5, 5.41) is 25.3. The van der Waals surface area contributed by atoms with Gasteiger partial charge < -0.3 is 15.7 Å². The van der Waals surface area contributed by atoms with Gasteiger partial charge in [0.15, 0.2) is 0 Å². The van der Waals surface area contributed by atoms with Crippen molar-refractivity contribution < 1.29 is 19.6 Å². The molecule has 1 aromatic carbocycles. The van der Waals surface area contributed by atoms with Crippen LogP contribution in [-0.2, 0) is 4.79 Å². The summed E-state index contributed by atoms with van der Waals surface area (Å²) in [6, 6.07) is 2.50. The number of phenols is 1. The zero-order chi connectivity index (χ0) is 15.6. The summed E-state index contributed by atoms with van der Waals surface area (Å²) < 4.78 is 0. The van der Waals surface area contributed by atoms with Crippen LogP contribution >= 0.6 is 0 Å². The second kappa shape index (κ2) is 5.78. The van der Waals surface area contributed by atoms with Gasteiger partial charge in [0.05, 0.1) is 4.92 Å². The predicted octanol–water partition coefficient (Wildman–Crippen LogP) is 0.697. The van der Waals surface area contributed by atoms with Gasteiger partial charge in [-0.05, 0) is 31.9 Å². The summed E-state index contributed by atoms with van der Waals surface area (Å²) in [5.41, 5.74) is -0.717. The Morgan fingerprint density at radius 1 is 1.43 bits per heavy atom. The van der Waals surface area contributed by atoms with Crippen LogP contribution in [0.15, 0.2) is 18.2 Å². The first-order chi connectivity index (χ1) is 9.88. The molecule has 3 N–H and O–H groups in total. The Balaban J connectivity index is 2.10. The predicted molar refractivity (Wildman–Crippen MR) is 72.9 cm³/mol.